The Morgan fingerprint density at radius 3 is 1.00 bits per heavy atom. The summed E-state index contributed by atoms with van der Waals surface area (Å²) in [6, 6.07) is 39.7. The highest BCUT2D eigenvalue weighted by Gasteiger charge is 2.16. The van der Waals surface area contributed by atoms with Gasteiger partial charge in [0.2, 0.25) is 0 Å². The van der Waals surface area contributed by atoms with E-state index in [9.17, 15) is 0 Å². The molecular formula is C38H38N2O2. The lowest BCUT2D eigenvalue weighted by Gasteiger charge is -2.27. The van der Waals surface area contributed by atoms with Gasteiger partial charge in [0.15, 0.2) is 0 Å². The molecule has 0 aliphatic carbocycles. The molecule has 4 heteroatoms. The molecule has 1 aliphatic heterocycles. The Balaban J connectivity index is 1.06. The molecule has 0 bridgehead atoms. The number of fused-ring (bicyclic) bond motifs is 4. The third-order valence-electron chi connectivity index (χ3n) is 8.74. The maximum atomic E-state index is 6.27. The summed E-state index contributed by atoms with van der Waals surface area (Å²) in [4.78, 5) is 4.99. The van der Waals surface area contributed by atoms with E-state index in [1.165, 1.54) is 54.2 Å². The fraction of sp³-hybridized carbons (Fsp3) is 0.263. The van der Waals surface area contributed by atoms with Gasteiger partial charge in [-0.2, -0.15) is 0 Å². The van der Waals surface area contributed by atoms with E-state index in [0.717, 1.165) is 39.3 Å². The van der Waals surface area contributed by atoms with Crippen LogP contribution in [0.3, 0.4) is 0 Å². The number of nitrogens with zero attached hydrogens (tertiary/aromatic N) is 2. The van der Waals surface area contributed by atoms with Crippen molar-refractivity contribution in [3.8, 4) is 0 Å². The van der Waals surface area contributed by atoms with Crippen LogP contribution >= 0.6 is 0 Å². The van der Waals surface area contributed by atoms with Crippen LogP contribution in [-0.2, 0) is 22.6 Å². The van der Waals surface area contributed by atoms with Crippen molar-refractivity contribution in [1.29, 1.82) is 0 Å². The van der Waals surface area contributed by atoms with Gasteiger partial charge < -0.3 is 9.47 Å². The van der Waals surface area contributed by atoms with Crippen LogP contribution in [0.4, 0.5) is 0 Å². The normalized spacial score (nSPS) is 16.6. The summed E-state index contributed by atoms with van der Waals surface area (Å²) >= 11 is 0. The largest absolute Gasteiger partial charge is 0.379 e. The lowest BCUT2D eigenvalue weighted by atomic mass is 9.96. The number of benzene rings is 6. The Kier molecular flexibility index (Phi) is 8.12. The van der Waals surface area contributed by atoms with E-state index in [1.54, 1.807) is 0 Å². The standard InChI is InChI=1S/C38H38N2O2/c1-5-13-33-29(9-1)25-30-10-2-6-14-34(30)37(33)27-39-17-21-41-23-19-40(20-24-42-22-18-39)28-38-35-15-7-3-11-31(35)26-32-12-4-8-16-36(32)38/h1-16,25-26H,17-24,27-28H2. The molecule has 0 unspecified atom stereocenters. The zero-order valence-electron chi connectivity index (χ0n) is 24.2. The highest BCUT2D eigenvalue weighted by molar-refractivity contribution is 6.03. The second-order valence-electron chi connectivity index (χ2n) is 11.4. The molecule has 6 aromatic rings. The van der Waals surface area contributed by atoms with E-state index in [2.05, 4.69) is 119 Å². The fourth-order valence-electron chi connectivity index (χ4n) is 6.52. The summed E-state index contributed by atoms with van der Waals surface area (Å²) in [6.45, 7) is 8.17. The van der Waals surface area contributed by atoms with Crippen molar-refractivity contribution in [2.75, 3.05) is 52.6 Å². The molecule has 1 aliphatic rings. The second kappa shape index (κ2) is 12.6. The summed E-state index contributed by atoms with van der Waals surface area (Å²) in [5.74, 6) is 0. The van der Waals surface area contributed by atoms with Gasteiger partial charge in [-0.25, -0.2) is 0 Å². The third kappa shape index (κ3) is 5.77. The van der Waals surface area contributed by atoms with Crippen LogP contribution in [0.15, 0.2) is 109 Å². The van der Waals surface area contributed by atoms with Crippen LogP contribution in [-0.4, -0.2) is 62.4 Å². The summed E-state index contributed by atoms with van der Waals surface area (Å²) in [5, 5.41) is 10.5. The average Bonchev–Trinajstić information content (AvgIpc) is 3.02. The predicted molar refractivity (Wildman–Crippen MR) is 175 cm³/mol. The first-order valence-corrected chi connectivity index (χ1v) is 15.2. The van der Waals surface area contributed by atoms with Crippen LogP contribution < -0.4 is 0 Å². The van der Waals surface area contributed by atoms with E-state index >= 15 is 0 Å². The lowest BCUT2D eigenvalue weighted by molar-refractivity contribution is 0.0346. The van der Waals surface area contributed by atoms with Gasteiger partial charge in [-0.05, 0) is 66.3 Å². The minimum Gasteiger partial charge on any atom is -0.379 e. The van der Waals surface area contributed by atoms with Crippen molar-refractivity contribution in [2.24, 2.45) is 0 Å². The number of hydrogen-bond donors (Lipinski definition) is 0. The first-order chi connectivity index (χ1) is 20.8. The fourth-order valence-corrected chi connectivity index (χ4v) is 6.52. The molecule has 42 heavy (non-hydrogen) atoms. The Morgan fingerprint density at radius 1 is 0.405 bits per heavy atom. The van der Waals surface area contributed by atoms with E-state index < -0.39 is 0 Å². The maximum absolute atomic E-state index is 6.27. The molecule has 212 valence electrons. The molecule has 0 amide bonds. The van der Waals surface area contributed by atoms with Crippen molar-refractivity contribution in [3.05, 3.63) is 120 Å². The van der Waals surface area contributed by atoms with Gasteiger partial charge in [0.05, 0.1) is 26.4 Å². The zero-order chi connectivity index (χ0) is 28.1. The molecule has 1 fully saturated rings. The van der Waals surface area contributed by atoms with E-state index in [1.807, 2.05) is 0 Å². The molecule has 4 nitrogen and oxygen atoms in total. The molecule has 0 N–H and O–H groups in total. The van der Waals surface area contributed by atoms with Crippen LogP contribution in [0.25, 0.3) is 43.1 Å². The van der Waals surface area contributed by atoms with Gasteiger partial charge in [-0.15, -0.1) is 0 Å². The molecular weight excluding hydrogens is 516 g/mol. The predicted octanol–water partition coefficient (Wildman–Crippen LogP) is 7.65. The van der Waals surface area contributed by atoms with Gasteiger partial charge in [-0.3, -0.25) is 9.80 Å². The number of ether oxygens (including phenoxy) is 2. The highest BCUT2D eigenvalue weighted by atomic mass is 16.5. The van der Waals surface area contributed by atoms with E-state index in [4.69, 9.17) is 9.47 Å². The van der Waals surface area contributed by atoms with Crippen molar-refractivity contribution in [3.63, 3.8) is 0 Å². The first-order valence-electron chi connectivity index (χ1n) is 15.2. The highest BCUT2D eigenvalue weighted by Crippen LogP contribution is 2.31. The Hall–Kier alpha value is -3.80. The minimum absolute atomic E-state index is 0.716. The van der Waals surface area contributed by atoms with Crippen LogP contribution in [0.1, 0.15) is 11.1 Å². The van der Waals surface area contributed by atoms with Crippen LogP contribution in [0.2, 0.25) is 0 Å². The molecule has 0 spiro atoms. The van der Waals surface area contributed by atoms with Crippen molar-refractivity contribution >= 4 is 43.1 Å². The number of rotatable bonds is 4. The van der Waals surface area contributed by atoms with Crippen molar-refractivity contribution in [2.45, 2.75) is 13.1 Å². The topological polar surface area (TPSA) is 24.9 Å². The molecule has 0 saturated carbocycles. The Morgan fingerprint density at radius 2 is 0.690 bits per heavy atom. The summed E-state index contributed by atoms with van der Waals surface area (Å²) in [5.41, 5.74) is 2.79. The van der Waals surface area contributed by atoms with Crippen molar-refractivity contribution in [1.82, 2.24) is 9.80 Å². The Labute approximate surface area is 248 Å². The first kappa shape index (κ1) is 27.1. The number of hydrogen-bond acceptors (Lipinski definition) is 4. The quantitative estimate of drug-likeness (QED) is 0.209. The zero-order valence-corrected chi connectivity index (χ0v) is 24.2. The van der Waals surface area contributed by atoms with E-state index in [0.29, 0.717) is 26.4 Å². The molecule has 6 aromatic carbocycles. The van der Waals surface area contributed by atoms with Gasteiger partial charge in [0.25, 0.3) is 0 Å². The monoisotopic (exact) mass is 554 g/mol. The van der Waals surface area contributed by atoms with Crippen LogP contribution in [0.5, 0.6) is 0 Å². The Bertz CT molecular complexity index is 1580. The summed E-state index contributed by atoms with van der Waals surface area (Å²) in [7, 11) is 0. The third-order valence-corrected chi connectivity index (χ3v) is 8.74. The van der Waals surface area contributed by atoms with Gasteiger partial charge in [-0.1, -0.05) is 97.1 Å². The molecule has 7 rings (SSSR count). The molecule has 1 heterocycles. The van der Waals surface area contributed by atoms with Gasteiger partial charge >= 0.3 is 0 Å². The average molecular weight is 555 g/mol. The van der Waals surface area contributed by atoms with Gasteiger partial charge in [0.1, 0.15) is 0 Å². The maximum Gasteiger partial charge on any atom is 0.0594 e. The minimum atomic E-state index is 0.716. The molecule has 0 aromatic heterocycles. The second-order valence-corrected chi connectivity index (χ2v) is 11.4. The van der Waals surface area contributed by atoms with E-state index in [-0.39, 0.29) is 0 Å². The van der Waals surface area contributed by atoms with Crippen molar-refractivity contribution < 1.29 is 9.47 Å². The van der Waals surface area contributed by atoms with Crippen LogP contribution in [0, 0.1) is 0 Å². The van der Waals surface area contributed by atoms with Gasteiger partial charge in [0, 0.05) is 39.3 Å². The summed E-state index contributed by atoms with van der Waals surface area (Å²) < 4.78 is 12.5. The molecule has 0 radical (unpaired) electrons. The smallest absolute Gasteiger partial charge is 0.0594 e. The SMILES string of the molecule is c1ccc2c(CN3CCOCCN(Cc4c5ccccc5cc5ccccc45)CCOCC3)c3ccccc3cc2c1. The lowest BCUT2D eigenvalue weighted by Crippen LogP contribution is -2.35. The molecule has 1 saturated heterocycles. The molecule has 0 atom stereocenters. The summed E-state index contributed by atoms with van der Waals surface area (Å²) in [6.07, 6.45) is 0.